The highest BCUT2D eigenvalue weighted by Crippen LogP contribution is 2.23. The minimum absolute atomic E-state index is 0.0429. The zero-order chi connectivity index (χ0) is 23.2. The Morgan fingerprint density at radius 2 is 1.61 bits per heavy atom. The van der Waals surface area contributed by atoms with Crippen LogP contribution in [0.4, 0.5) is 14.5 Å². The number of para-hydroxylation sites is 1. The summed E-state index contributed by atoms with van der Waals surface area (Å²) in [5.74, 6) is -1.37. The number of amides is 2. The fraction of sp³-hybridized carbons (Fsp3) is 0.231. The van der Waals surface area contributed by atoms with Crippen molar-refractivity contribution in [1.29, 1.82) is 0 Å². The Hall–Kier alpha value is -3.58. The van der Waals surface area contributed by atoms with E-state index in [1.807, 2.05) is 29.2 Å². The monoisotopic (exact) mass is 449 g/mol. The van der Waals surface area contributed by atoms with Gasteiger partial charge in [-0.15, -0.1) is 0 Å². The Morgan fingerprint density at radius 3 is 2.36 bits per heavy atom. The smallest absolute Gasteiger partial charge is 0.238 e. The van der Waals surface area contributed by atoms with Crippen molar-refractivity contribution in [3.05, 3.63) is 101 Å². The molecule has 3 aromatic carbocycles. The maximum Gasteiger partial charge on any atom is 0.238 e. The van der Waals surface area contributed by atoms with Gasteiger partial charge in [0.25, 0.3) is 0 Å². The van der Waals surface area contributed by atoms with Gasteiger partial charge in [-0.05, 0) is 53.8 Å². The van der Waals surface area contributed by atoms with Gasteiger partial charge in [-0.2, -0.15) is 0 Å². The highest BCUT2D eigenvalue weighted by atomic mass is 19.1. The van der Waals surface area contributed by atoms with Gasteiger partial charge in [0.05, 0.1) is 18.3 Å². The van der Waals surface area contributed by atoms with Crippen LogP contribution >= 0.6 is 0 Å². The second-order valence-electron chi connectivity index (χ2n) is 8.09. The second kappa shape index (κ2) is 10.4. The lowest BCUT2D eigenvalue weighted by atomic mass is 9.93. The average molecular weight is 450 g/mol. The number of hydrogen-bond donors (Lipinski definition) is 2. The molecule has 1 aliphatic heterocycles. The van der Waals surface area contributed by atoms with Crippen LogP contribution in [0.2, 0.25) is 0 Å². The highest BCUT2D eigenvalue weighted by molar-refractivity contribution is 5.93. The summed E-state index contributed by atoms with van der Waals surface area (Å²) in [5.41, 5.74) is 3.17. The molecule has 1 heterocycles. The number of carbonyl (C=O) groups is 2. The molecule has 170 valence electrons. The average Bonchev–Trinajstić information content (AvgIpc) is 2.81. The van der Waals surface area contributed by atoms with Crippen molar-refractivity contribution in [3.8, 4) is 0 Å². The van der Waals surface area contributed by atoms with Crippen LogP contribution in [0.5, 0.6) is 0 Å². The molecule has 0 saturated heterocycles. The van der Waals surface area contributed by atoms with E-state index in [4.69, 9.17) is 0 Å². The molecule has 2 N–H and O–H groups in total. The van der Waals surface area contributed by atoms with Crippen molar-refractivity contribution in [3.63, 3.8) is 0 Å². The topological polar surface area (TPSA) is 61.4 Å². The number of carbonyl (C=O) groups excluding carboxylic acids is 2. The van der Waals surface area contributed by atoms with E-state index in [-0.39, 0.29) is 29.9 Å². The number of nitrogens with one attached hydrogen (secondary N) is 2. The fourth-order valence-electron chi connectivity index (χ4n) is 4.04. The van der Waals surface area contributed by atoms with Crippen LogP contribution in [0, 0.1) is 11.6 Å². The van der Waals surface area contributed by atoms with Gasteiger partial charge in [0.2, 0.25) is 11.8 Å². The summed E-state index contributed by atoms with van der Waals surface area (Å²) in [4.78, 5) is 27.5. The molecular weight excluding hydrogens is 424 g/mol. The van der Waals surface area contributed by atoms with Gasteiger partial charge in [-0.1, -0.05) is 48.5 Å². The normalized spacial score (nSPS) is 15.5. The minimum atomic E-state index is -0.528. The van der Waals surface area contributed by atoms with E-state index in [2.05, 4.69) is 10.6 Å². The number of anilines is 1. The maximum absolute atomic E-state index is 13.9. The van der Waals surface area contributed by atoms with Crippen molar-refractivity contribution in [2.75, 3.05) is 18.4 Å². The van der Waals surface area contributed by atoms with Gasteiger partial charge < -0.3 is 10.6 Å². The summed E-state index contributed by atoms with van der Waals surface area (Å²) < 4.78 is 27.0. The van der Waals surface area contributed by atoms with E-state index in [9.17, 15) is 18.4 Å². The summed E-state index contributed by atoms with van der Waals surface area (Å²) in [5, 5.41) is 5.53. The Kier molecular flexibility index (Phi) is 7.10. The molecule has 0 spiro atoms. The molecule has 0 radical (unpaired) electrons. The Morgan fingerprint density at radius 1 is 0.909 bits per heavy atom. The minimum Gasteiger partial charge on any atom is -0.354 e. The molecule has 0 saturated carbocycles. The molecular formula is C26H25F2N3O2. The van der Waals surface area contributed by atoms with Crippen LogP contribution in [0.1, 0.15) is 16.7 Å². The quantitative estimate of drug-likeness (QED) is 0.579. The SMILES string of the molecule is O=C(CN1Cc2ccccc2CC1C(=O)NCCc1ccc(F)cc1)Nc1ccccc1F. The summed E-state index contributed by atoms with van der Waals surface area (Å²) in [7, 11) is 0. The number of hydrogen-bond acceptors (Lipinski definition) is 3. The Bertz CT molecular complexity index is 1130. The third-order valence-electron chi connectivity index (χ3n) is 5.77. The Labute approximate surface area is 191 Å². The zero-order valence-corrected chi connectivity index (χ0v) is 18.1. The summed E-state index contributed by atoms with van der Waals surface area (Å²) in [6, 6.07) is 19.5. The lowest BCUT2D eigenvalue weighted by Gasteiger charge is -2.35. The molecule has 3 aromatic rings. The van der Waals surface area contributed by atoms with Crippen molar-refractivity contribution >= 4 is 17.5 Å². The van der Waals surface area contributed by atoms with Crippen molar-refractivity contribution in [2.24, 2.45) is 0 Å². The van der Waals surface area contributed by atoms with E-state index >= 15 is 0 Å². The molecule has 1 atom stereocenters. The van der Waals surface area contributed by atoms with Crippen LogP contribution < -0.4 is 10.6 Å². The van der Waals surface area contributed by atoms with Crippen LogP contribution in [-0.4, -0.2) is 35.8 Å². The first-order valence-electron chi connectivity index (χ1n) is 10.9. The number of halogens is 2. The van der Waals surface area contributed by atoms with E-state index in [1.54, 1.807) is 24.3 Å². The van der Waals surface area contributed by atoms with Crippen LogP contribution in [0.25, 0.3) is 0 Å². The summed E-state index contributed by atoms with van der Waals surface area (Å²) in [6.45, 7) is 0.799. The van der Waals surface area contributed by atoms with Crippen molar-refractivity contribution in [1.82, 2.24) is 10.2 Å². The van der Waals surface area contributed by atoms with Gasteiger partial charge in [-0.25, -0.2) is 8.78 Å². The van der Waals surface area contributed by atoms with E-state index in [0.717, 1.165) is 16.7 Å². The number of benzene rings is 3. The number of nitrogens with zero attached hydrogens (tertiary/aromatic N) is 1. The standard InChI is InChI=1S/C26H25F2N3O2/c27-21-11-9-18(10-12-21)13-14-29-26(33)24-15-19-5-1-2-6-20(19)16-31(24)17-25(32)30-23-8-4-3-7-22(23)28/h1-12,24H,13-17H2,(H,29,33)(H,30,32). The predicted octanol–water partition coefficient (Wildman–Crippen LogP) is 3.69. The first kappa shape index (κ1) is 22.6. The van der Waals surface area contributed by atoms with Crippen molar-refractivity contribution in [2.45, 2.75) is 25.4 Å². The Balaban J connectivity index is 1.42. The van der Waals surface area contributed by atoms with Gasteiger partial charge in [0.15, 0.2) is 0 Å². The molecule has 1 unspecified atom stereocenters. The third-order valence-corrected chi connectivity index (χ3v) is 5.77. The lowest BCUT2D eigenvalue weighted by molar-refractivity contribution is -0.128. The molecule has 7 heteroatoms. The zero-order valence-electron chi connectivity index (χ0n) is 18.1. The fourth-order valence-corrected chi connectivity index (χ4v) is 4.04. The van der Waals surface area contributed by atoms with E-state index < -0.39 is 11.9 Å². The number of fused-ring (bicyclic) bond motifs is 1. The first-order chi connectivity index (χ1) is 16.0. The van der Waals surface area contributed by atoms with Crippen LogP contribution in [0.15, 0.2) is 72.8 Å². The first-order valence-corrected chi connectivity index (χ1v) is 10.9. The molecule has 33 heavy (non-hydrogen) atoms. The molecule has 5 nitrogen and oxygen atoms in total. The van der Waals surface area contributed by atoms with Crippen molar-refractivity contribution < 1.29 is 18.4 Å². The lowest BCUT2D eigenvalue weighted by Crippen LogP contribution is -2.52. The van der Waals surface area contributed by atoms with Gasteiger partial charge in [0, 0.05) is 13.1 Å². The summed E-state index contributed by atoms with van der Waals surface area (Å²) >= 11 is 0. The largest absolute Gasteiger partial charge is 0.354 e. The van der Waals surface area contributed by atoms with Crippen LogP contribution in [0.3, 0.4) is 0 Å². The van der Waals surface area contributed by atoms with Gasteiger partial charge in [0.1, 0.15) is 11.6 Å². The number of rotatable bonds is 7. The molecule has 0 fully saturated rings. The van der Waals surface area contributed by atoms with Gasteiger partial charge in [-0.3, -0.25) is 14.5 Å². The molecule has 4 rings (SSSR count). The maximum atomic E-state index is 13.9. The van der Waals surface area contributed by atoms with E-state index in [0.29, 0.717) is 25.9 Å². The molecule has 0 aliphatic carbocycles. The van der Waals surface area contributed by atoms with Crippen LogP contribution in [-0.2, 0) is 29.0 Å². The molecule has 0 bridgehead atoms. The third kappa shape index (κ3) is 5.81. The summed E-state index contributed by atoms with van der Waals surface area (Å²) in [6.07, 6.45) is 1.05. The highest BCUT2D eigenvalue weighted by Gasteiger charge is 2.32. The van der Waals surface area contributed by atoms with Gasteiger partial charge >= 0.3 is 0 Å². The second-order valence-corrected chi connectivity index (χ2v) is 8.09. The molecule has 1 aliphatic rings. The molecule has 0 aromatic heterocycles. The molecule has 2 amide bonds. The van der Waals surface area contributed by atoms with E-state index in [1.165, 1.54) is 24.3 Å². The predicted molar refractivity (Wildman–Crippen MR) is 122 cm³/mol.